The third-order valence-corrected chi connectivity index (χ3v) is 4.41. The second-order valence-corrected chi connectivity index (χ2v) is 5.45. The van der Waals surface area contributed by atoms with Gasteiger partial charge < -0.3 is 10.6 Å². The SMILES string of the molecule is O=C1CN2CC(C3CCCC3)NCC2CN1. The summed E-state index contributed by atoms with van der Waals surface area (Å²) in [4.78, 5) is 13.7. The van der Waals surface area contributed by atoms with Crippen LogP contribution in [0, 0.1) is 5.92 Å². The van der Waals surface area contributed by atoms with Crippen LogP contribution in [0.3, 0.4) is 0 Å². The van der Waals surface area contributed by atoms with Gasteiger partial charge in [0.2, 0.25) is 5.91 Å². The second kappa shape index (κ2) is 4.34. The zero-order valence-corrected chi connectivity index (χ0v) is 9.74. The predicted molar refractivity (Wildman–Crippen MR) is 62.1 cm³/mol. The molecule has 4 heteroatoms. The lowest BCUT2D eigenvalue weighted by Crippen LogP contribution is -2.65. The smallest absolute Gasteiger partial charge is 0.234 e. The minimum atomic E-state index is 0.198. The summed E-state index contributed by atoms with van der Waals surface area (Å²) < 4.78 is 0. The Balaban J connectivity index is 1.61. The van der Waals surface area contributed by atoms with E-state index in [2.05, 4.69) is 15.5 Å². The zero-order valence-electron chi connectivity index (χ0n) is 9.74. The van der Waals surface area contributed by atoms with Gasteiger partial charge in [-0.15, -0.1) is 0 Å². The fourth-order valence-corrected chi connectivity index (χ4v) is 3.43. The molecule has 2 saturated heterocycles. The van der Waals surface area contributed by atoms with Crippen molar-refractivity contribution in [2.45, 2.75) is 37.8 Å². The lowest BCUT2D eigenvalue weighted by molar-refractivity contribution is -0.126. The molecule has 2 N–H and O–H groups in total. The van der Waals surface area contributed by atoms with Crippen LogP contribution in [0.5, 0.6) is 0 Å². The molecule has 2 atom stereocenters. The van der Waals surface area contributed by atoms with Crippen LogP contribution in [-0.2, 0) is 4.79 Å². The van der Waals surface area contributed by atoms with Crippen molar-refractivity contribution in [2.24, 2.45) is 5.92 Å². The maximum Gasteiger partial charge on any atom is 0.234 e. The number of piperazine rings is 2. The van der Waals surface area contributed by atoms with E-state index in [-0.39, 0.29) is 5.91 Å². The van der Waals surface area contributed by atoms with E-state index in [9.17, 15) is 4.79 Å². The normalized spacial score (nSPS) is 37.1. The maximum absolute atomic E-state index is 11.4. The third kappa shape index (κ3) is 1.96. The van der Waals surface area contributed by atoms with Gasteiger partial charge in [-0.25, -0.2) is 0 Å². The molecule has 3 rings (SSSR count). The molecule has 0 spiro atoms. The topological polar surface area (TPSA) is 44.4 Å². The van der Waals surface area contributed by atoms with Gasteiger partial charge in [-0.2, -0.15) is 0 Å². The number of rotatable bonds is 1. The van der Waals surface area contributed by atoms with Gasteiger partial charge in [0.15, 0.2) is 0 Å². The van der Waals surface area contributed by atoms with Crippen molar-refractivity contribution in [3.05, 3.63) is 0 Å². The average molecular weight is 223 g/mol. The Kier molecular flexibility index (Phi) is 2.86. The fourth-order valence-electron chi connectivity index (χ4n) is 3.43. The van der Waals surface area contributed by atoms with Gasteiger partial charge >= 0.3 is 0 Å². The van der Waals surface area contributed by atoms with E-state index in [1.54, 1.807) is 0 Å². The van der Waals surface area contributed by atoms with Gasteiger partial charge in [-0.05, 0) is 18.8 Å². The van der Waals surface area contributed by atoms with Crippen LogP contribution < -0.4 is 10.6 Å². The van der Waals surface area contributed by atoms with E-state index in [1.165, 1.54) is 25.7 Å². The highest BCUT2D eigenvalue weighted by Gasteiger charge is 2.36. The first kappa shape index (κ1) is 10.5. The van der Waals surface area contributed by atoms with Gasteiger partial charge in [0, 0.05) is 31.7 Å². The standard InChI is InChI=1S/C12H21N3O/c16-12-8-15-7-11(9-3-1-2-4-9)13-5-10(15)6-14-12/h9-11,13H,1-8H2,(H,14,16). The molecule has 3 fully saturated rings. The maximum atomic E-state index is 11.4. The summed E-state index contributed by atoms with van der Waals surface area (Å²) in [7, 11) is 0. The molecular weight excluding hydrogens is 202 g/mol. The van der Waals surface area contributed by atoms with Crippen molar-refractivity contribution in [1.29, 1.82) is 0 Å². The van der Waals surface area contributed by atoms with Crippen molar-refractivity contribution < 1.29 is 4.79 Å². The summed E-state index contributed by atoms with van der Waals surface area (Å²) in [6.07, 6.45) is 5.55. The van der Waals surface area contributed by atoms with Crippen molar-refractivity contribution in [1.82, 2.24) is 15.5 Å². The van der Waals surface area contributed by atoms with Crippen LogP contribution in [0.15, 0.2) is 0 Å². The molecule has 0 aromatic heterocycles. The van der Waals surface area contributed by atoms with Crippen molar-refractivity contribution in [2.75, 3.05) is 26.2 Å². The summed E-state index contributed by atoms with van der Waals surface area (Å²) in [6, 6.07) is 1.15. The molecule has 0 bridgehead atoms. The number of carbonyl (C=O) groups excluding carboxylic acids is 1. The lowest BCUT2D eigenvalue weighted by atomic mass is 9.94. The molecule has 3 aliphatic rings. The number of carbonyl (C=O) groups is 1. The van der Waals surface area contributed by atoms with Crippen LogP contribution in [0.25, 0.3) is 0 Å². The van der Waals surface area contributed by atoms with E-state index in [0.29, 0.717) is 18.6 Å². The number of amides is 1. The minimum Gasteiger partial charge on any atom is -0.353 e. The van der Waals surface area contributed by atoms with E-state index < -0.39 is 0 Å². The minimum absolute atomic E-state index is 0.198. The summed E-state index contributed by atoms with van der Waals surface area (Å²) in [5, 5.41) is 6.63. The Labute approximate surface area is 96.8 Å². The van der Waals surface area contributed by atoms with Gasteiger partial charge in [-0.3, -0.25) is 9.69 Å². The number of fused-ring (bicyclic) bond motifs is 1. The van der Waals surface area contributed by atoms with Gasteiger partial charge in [0.1, 0.15) is 0 Å². The molecule has 16 heavy (non-hydrogen) atoms. The van der Waals surface area contributed by atoms with Crippen LogP contribution >= 0.6 is 0 Å². The quantitative estimate of drug-likeness (QED) is 0.655. The second-order valence-electron chi connectivity index (χ2n) is 5.45. The van der Waals surface area contributed by atoms with Crippen molar-refractivity contribution in [3.63, 3.8) is 0 Å². The van der Waals surface area contributed by atoms with E-state index in [4.69, 9.17) is 0 Å². The number of hydrogen-bond acceptors (Lipinski definition) is 3. The van der Waals surface area contributed by atoms with Crippen LogP contribution in [0.2, 0.25) is 0 Å². The molecule has 4 nitrogen and oxygen atoms in total. The first-order chi connectivity index (χ1) is 7.83. The molecule has 2 heterocycles. The molecule has 0 aromatic rings. The molecule has 1 saturated carbocycles. The molecule has 2 aliphatic heterocycles. The Morgan fingerprint density at radius 3 is 2.81 bits per heavy atom. The number of hydrogen-bond donors (Lipinski definition) is 2. The van der Waals surface area contributed by atoms with Gasteiger partial charge in [0.25, 0.3) is 0 Å². The van der Waals surface area contributed by atoms with E-state index in [0.717, 1.165) is 25.6 Å². The van der Waals surface area contributed by atoms with Gasteiger partial charge in [0.05, 0.1) is 6.54 Å². The van der Waals surface area contributed by atoms with Gasteiger partial charge in [-0.1, -0.05) is 12.8 Å². The predicted octanol–water partition coefficient (Wildman–Crippen LogP) is -0.0512. The molecule has 1 amide bonds. The summed E-state index contributed by atoms with van der Waals surface area (Å²) in [5.41, 5.74) is 0. The highest BCUT2D eigenvalue weighted by molar-refractivity contribution is 5.78. The van der Waals surface area contributed by atoms with Crippen LogP contribution in [0.1, 0.15) is 25.7 Å². The Hall–Kier alpha value is -0.610. The summed E-state index contributed by atoms with van der Waals surface area (Å²) in [5.74, 6) is 1.05. The molecule has 0 radical (unpaired) electrons. The van der Waals surface area contributed by atoms with Crippen LogP contribution in [0.4, 0.5) is 0 Å². The Bertz CT molecular complexity index is 275. The van der Waals surface area contributed by atoms with E-state index in [1.807, 2.05) is 0 Å². The number of nitrogens with one attached hydrogen (secondary N) is 2. The molecule has 2 unspecified atom stereocenters. The first-order valence-corrected chi connectivity index (χ1v) is 6.57. The Morgan fingerprint density at radius 2 is 2.00 bits per heavy atom. The third-order valence-electron chi connectivity index (χ3n) is 4.41. The highest BCUT2D eigenvalue weighted by atomic mass is 16.2. The fraction of sp³-hybridized carbons (Fsp3) is 0.917. The molecular formula is C12H21N3O. The summed E-state index contributed by atoms with van der Waals surface area (Å²) in [6.45, 7) is 3.54. The van der Waals surface area contributed by atoms with E-state index >= 15 is 0 Å². The van der Waals surface area contributed by atoms with Crippen LogP contribution in [-0.4, -0.2) is 49.1 Å². The summed E-state index contributed by atoms with van der Waals surface area (Å²) >= 11 is 0. The Morgan fingerprint density at radius 1 is 1.19 bits per heavy atom. The molecule has 1 aliphatic carbocycles. The number of nitrogens with zero attached hydrogens (tertiary/aromatic N) is 1. The first-order valence-electron chi connectivity index (χ1n) is 6.57. The van der Waals surface area contributed by atoms with Crippen molar-refractivity contribution in [3.8, 4) is 0 Å². The van der Waals surface area contributed by atoms with Crippen molar-refractivity contribution >= 4 is 5.91 Å². The zero-order chi connectivity index (χ0) is 11.0. The molecule has 0 aromatic carbocycles. The highest BCUT2D eigenvalue weighted by Crippen LogP contribution is 2.29. The monoisotopic (exact) mass is 223 g/mol. The largest absolute Gasteiger partial charge is 0.353 e. The molecule has 90 valence electrons. The lowest BCUT2D eigenvalue weighted by Gasteiger charge is -2.44. The average Bonchev–Trinajstić information content (AvgIpc) is 2.81.